The van der Waals surface area contributed by atoms with Crippen LogP contribution in [0.4, 0.5) is 0 Å². The monoisotopic (exact) mass is 310 g/mol. The highest BCUT2D eigenvalue weighted by Crippen LogP contribution is 2.29. The van der Waals surface area contributed by atoms with Crippen LogP contribution >= 0.6 is 23.2 Å². The first-order valence-corrected chi connectivity index (χ1v) is 8.08. The Bertz CT molecular complexity index is 506. The number of halogens is 2. The molecule has 1 aromatic carbocycles. The lowest BCUT2D eigenvalue weighted by molar-refractivity contribution is 0.556. The van der Waals surface area contributed by atoms with Gasteiger partial charge in [-0.15, -0.1) is 0 Å². The third-order valence-corrected chi connectivity index (χ3v) is 3.95. The van der Waals surface area contributed by atoms with Gasteiger partial charge in [0.15, 0.2) is 0 Å². The Morgan fingerprint density at radius 3 is 2.56 bits per heavy atom. The molecule has 0 aliphatic carbocycles. The molecule has 0 bridgehead atoms. The zero-order valence-electron chi connectivity index (χ0n) is 10.2. The number of nitrogens with one attached hydrogen (secondary N) is 2. The van der Waals surface area contributed by atoms with Crippen LogP contribution in [0.3, 0.4) is 0 Å². The average Bonchev–Trinajstić information content (AvgIpc) is 2.26. The van der Waals surface area contributed by atoms with Gasteiger partial charge in [-0.2, -0.15) is 0 Å². The molecule has 0 saturated carbocycles. The zero-order valence-corrected chi connectivity index (χ0v) is 12.5. The highest BCUT2D eigenvalue weighted by molar-refractivity contribution is 7.88. The lowest BCUT2D eigenvalue weighted by Crippen LogP contribution is -2.32. The van der Waals surface area contributed by atoms with E-state index in [1.165, 1.54) is 0 Å². The fourth-order valence-corrected chi connectivity index (χ4v) is 2.43. The first kappa shape index (κ1) is 15.7. The molecule has 0 amide bonds. The van der Waals surface area contributed by atoms with Crippen LogP contribution in [0.1, 0.15) is 18.5 Å². The summed E-state index contributed by atoms with van der Waals surface area (Å²) in [4.78, 5) is 0. The van der Waals surface area contributed by atoms with E-state index in [9.17, 15) is 8.42 Å². The van der Waals surface area contributed by atoms with Gasteiger partial charge in [0.25, 0.3) is 0 Å². The Labute approximate surface area is 118 Å². The van der Waals surface area contributed by atoms with Gasteiger partial charge in [-0.3, -0.25) is 0 Å². The molecule has 7 heteroatoms. The van der Waals surface area contributed by atoms with E-state index >= 15 is 0 Å². The molecule has 18 heavy (non-hydrogen) atoms. The van der Waals surface area contributed by atoms with E-state index < -0.39 is 10.0 Å². The summed E-state index contributed by atoms with van der Waals surface area (Å²) < 4.78 is 24.1. The Hall–Kier alpha value is -0.330. The van der Waals surface area contributed by atoms with Crippen molar-refractivity contribution in [2.75, 3.05) is 19.3 Å². The maximum absolute atomic E-state index is 10.9. The standard InChI is InChI=1S/C11H16Cl2N2O2S/c1-8(14-6-7-15-18(2,16)17)9-4-3-5-10(12)11(9)13/h3-5,8,14-15H,6-7H2,1-2H3/t8-/m0/s1. The van der Waals surface area contributed by atoms with Gasteiger partial charge in [0.05, 0.1) is 16.3 Å². The van der Waals surface area contributed by atoms with Gasteiger partial charge in [0.1, 0.15) is 0 Å². The average molecular weight is 311 g/mol. The molecule has 1 aromatic rings. The van der Waals surface area contributed by atoms with Crippen molar-refractivity contribution in [1.29, 1.82) is 0 Å². The van der Waals surface area contributed by atoms with E-state index in [-0.39, 0.29) is 6.04 Å². The summed E-state index contributed by atoms with van der Waals surface area (Å²) in [6.45, 7) is 2.79. The van der Waals surface area contributed by atoms with Gasteiger partial charge in [0, 0.05) is 19.1 Å². The molecule has 2 N–H and O–H groups in total. The highest BCUT2D eigenvalue weighted by Gasteiger charge is 2.11. The third kappa shape index (κ3) is 5.12. The molecule has 0 aliphatic heterocycles. The second-order valence-electron chi connectivity index (χ2n) is 3.99. The van der Waals surface area contributed by atoms with Crippen LogP contribution in [0.15, 0.2) is 18.2 Å². The van der Waals surface area contributed by atoms with Crippen LogP contribution in [0, 0.1) is 0 Å². The smallest absolute Gasteiger partial charge is 0.208 e. The van der Waals surface area contributed by atoms with E-state index in [2.05, 4.69) is 10.0 Å². The number of rotatable bonds is 6. The molecule has 1 rings (SSSR count). The SMILES string of the molecule is C[C@H](NCCNS(C)(=O)=O)c1cccc(Cl)c1Cl. The molecule has 0 radical (unpaired) electrons. The minimum atomic E-state index is -3.14. The van der Waals surface area contributed by atoms with E-state index in [0.29, 0.717) is 23.1 Å². The van der Waals surface area contributed by atoms with Gasteiger partial charge >= 0.3 is 0 Å². The van der Waals surface area contributed by atoms with Crippen molar-refractivity contribution in [1.82, 2.24) is 10.0 Å². The van der Waals surface area contributed by atoms with Crippen molar-refractivity contribution in [2.24, 2.45) is 0 Å². The zero-order chi connectivity index (χ0) is 13.8. The van der Waals surface area contributed by atoms with Crippen molar-refractivity contribution in [3.8, 4) is 0 Å². The third-order valence-electron chi connectivity index (χ3n) is 2.39. The fraction of sp³-hybridized carbons (Fsp3) is 0.455. The summed E-state index contributed by atoms with van der Waals surface area (Å²) in [5.74, 6) is 0. The molecule has 0 unspecified atom stereocenters. The quantitative estimate of drug-likeness (QED) is 0.792. The highest BCUT2D eigenvalue weighted by atomic mass is 35.5. The molecule has 0 heterocycles. The Morgan fingerprint density at radius 1 is 1.28 bits per heavy atom. The summed E-state index contributed by atoms with van der Waals surface area (Å²) in [6, 6.07) is 5.44. The summed E-state index contributed by atoms with van der Waals surface area (Å²) >= 11 is 12.0. The summed E-state index contributed by atoms with van der Waals surface area (Å²) in [5.41, 5.74) is 0.892. The maximum atomic E-state index is 10.9. The van der Waals surface area contributed by atoms with Crippen molar-refractivity contribution < 1.29 is 8.42 Å². The predicted octanol–water partition coefficient (Wildman–Crippen LogP) is 2.19. The molecule has 0 aromatic heterocycles. The molecular weight excluding hydrogens is 295 g/mol. The Kier molecular flexibility index (Phi) is 5.88. The Morgan fingerprint density at radius 2 is 1.94 bits per heavy atom. The summed E-state index contributed by atoms with van der Waals surface area (Å²) in [6.07, 6.45) is 1.13. The van der Waals surface area contributed by atoms with Crippen molar-refractivity contribution in [3.05, 3.63) is 33.8 Å². The number of benzene rings is 1. The summed E-state index contributed by atoms with van der Waals surface area (Å²) in [7, 11) is -3.14. The van der Waals surface area contributed by atoms with E-state index in [0.717, 1.165) is 11.8 Å². The molecule has 1 atom stereocenters. The van der Waals surface area contributed by atoms with Crippen molar-refractivity contribution in [2.45, 2.75) is 13.0 Å². The number of sulfonamides is 1. The number of hydrogen-bond donors (Lipinski definition) is 2. The Balaban J connectivity index is 2.51. The minimum absolute atomic E-state index is 0.00226. The molecule has 102 valence electrons. The van der Waals surface area contributed by atoms with Crippen LogP contribution in [0.2, 0.25) is 10.0 Å². The number of hydrogen-bond acceptors (Lipinski definition) is 3. The van der Waals surface area contributed by atoms with E-state index in [1.807, 2.05) is 19.1 Å². The summed E-state index contributed by atoms with van der Waals surface area (Å²) in [5, 5.41) is 4.20. The van der Waals surface area contributed by atoms with Gasteiger partial charge in [0.2, 0.25) is 10.0 Å². The second kappa shape index (κ2) is 6.73. The molecule has 0 spiro atoms. The molecule has 0 saturated heterocycles. The van der Waals surface area contributed by atoms with Crippen molar-refractivity contribution >= 4 is 33.2 Å². The van der Waals surface area contributed by atoms with Gasteiger partial charge in [-0.25, -0.2) is 13.1 Å². The predicted molar refractivity (Wildman–Crippen MR) is 75.7 cm³/mol. The van der Waals surface area contributed by atoms with Gasteiger partial charge in [-0.1, -0.05) is 35.3 Å². The van der Waals surface area contributed by atoms with Gasteiger partial charge in [-0.05, 0) is 18.6 Å². The normalized spacial score (nSPS) is 13.6. The topological polar surface area (TPSA) is 58.2 Å². The van der Waals surface area contributed by atoms with Crippen LogP contribution in [-0.2, 0) is 10.0 Å². The fourth-order valence-electron chi connectivity index (χ4n) is 1.49. The second-order valence-corrected chi connectivity index (χ2v) is 6.60. The molecule has 4 nitrogen and oxygen atoms in total. The van der Waals surface area contributed by atoms with Crippen LogP contribution in [-0.4, -0.2) is 27.8 Å². The van der Waals surface area contributed by atoms with Gasteiger partial charge < -0.3 is 5.32 Å². The first-order chi connectivity index (χ1) is 8.31. The van der Waals surface area contributed by atoms with Crippen LogP contribution < -0.4 is 10.0 Å². The lowest BCUT2D eigenvalue weighted by Gasteiger charge is -2.16. The maximum Gasteiger partial charge on any atom is 0.208 e. The first-order valence-electron chi connectivity index (χ1n) is 5.43. The van der Waals surface area contributed by atoms with E-state index in [4.69, 9.17) is 23.2 Å². The lowest BCUT2D eigenvalue weighted by atomic mass is 10.1. The van der Waals surface area contributed by atoms with Crippen molar-refractivity contribution in [3.63, 3.8) is 0 Å². The minimum Gasteiger partial charge on any atom is -0.309 e. The molecular formula is C11H16Cl2N2O2S. The largest absolute Gasteiger partial charge is 0.309 e. The van der Waals surface area contributed by atoms with Crippen LogP contribution in [0.5, 0.6) is 0 Å². The van der Waals surface area contributed by atoms with Crippen LogP contribution in [0.25, 0.3) is 0 Å². The molecule has 0 aliphatic rings. The molecule has 0 fully saturated rings. The van der Waals surface area contributed by atoms with E-state index in [1.54, 1.807) is 6.07 Å².